The number of nitroso groups, excluding NO2 is 3. The minimum Gasteiger partial charge on any atom is -0.737 e. The van der Waals surface area contributed by atoms with E-state index in [9.17, 15) is 29.9 Å². The molecule has 0 aliphatic heterocycles. The fraction of sp³-hybridized carbons (Fsp3) is 0.970. The van der Waals surface area contributed by atoms with Crippen LogP contribution in [0.15, 0.2) is 20.4 Å². The Hall–Kier alpha value is -3.14. The summed E-state index contributed by atoms with van der Waals surface area (Å²) in [6.07, 6.45) is 0. The van der Waals surface area contributed by atoms with Crippen LogP contribution in [0.5, 0.6) is 0 Å². The highest BCUT2D eigenvalue weighted by molar-refractivity contribution is 7.98. The monoisotopic (exact) mass is 803 g/mol. The van der Waals surface area contributed by atoms with Crippen LogP contribution in [0.3, 0.4) is 0 Å². The summed E-state index contributed by atoms with van der Waals surface area (Å²) in [4.78, 5) is 39.8. The van der Waals surface area contributed by atoms with Gasteiger partial charge in [-0.25, -0.2) is 20.3 Å². The minimum atomic E-state index is -0.614. The molecular weight excluding hydrogens is 723 g/mol. The highest BCUT2D eigenvalue weighted by Gasteiger charge is 2.19. The Kier molecular flexibility index (Phi) is 44.4. The Labute approximate surface area is 331 Å². The lowest BCUT2D eigenvalue weighted by molar-refractivity contribution is -0.704. The van der Waals surface area contributed by atoms with Gasteiger partial charge in [0.1, 0.15) is 0 Å². The van der Waals surface area contributed by atoms with E-state index >= 15 is 0 Å². The molecule has 0 spiro atoms. The summed E-state index contributed by atoms with van der Waals surface area (Å²) < 4.78 is 2.60. The summed E-state index contributed by atoms with van der Waals surface area (Å²) in [7, 11) is 3.61. The second-order valence-corrected chi connectivity index (χ2v) is 15.8. The van der Waals surface area contributed by atoms with Gasteiger partial charge in [-0.05, 0) is 137 Å². The summed E-state index contributed by atoms with van der Waals surface area (Å²) in [5.41, 5.74) is 7.15. The third kappa shape index (κ3) is 38.6. The maximum Gasteiger partial charge on any atom is 0.353 e. The molecule has 0 rings (SSSR count). The number of hydroxylamine groups is 1. The van der Waals surface area contributed by atoms with Crippen LogP contribution in [-0.2, 0) is 0 Å². The minimum absolute atomic E-state index is 0.00907. The Morgan fingerprint density at radius 2 is 1.00 bits per heavy atom. The molecule has 0 saturated carbocycles. The topological polar surface area (TPSA) is 239 Å². The first-order valence-corrected chi connectivity index (χ1v) is 19.2. The Morgan fingerprint density at radius 3 is 1.07 bits per heavy atom. The number of rotatable bonds is 16. The van der Waals surface area contributed by atoms with E-state index in [-0.39, 0.29) is 47.3 Å². The normalized spacial score (nSPS) is 11.0. The molecule has 0 aliphatic carbocycles. The van der Waals surface area contributed by atoms with E-state index in [1.54, 1.807) is 12.1 Å². The summed E-state index contributed by atoms with van der Waals surface area (Å²) in [6.45, 7) is 39.3. The predicted octanol–water partition coefficient (Wildman–Crippen LogP) is 8.03. The van der Waals surface area contributed by atoms with Crippen LogP contribution < -0.4 is 16.3 Å². The van der Waals surface area contributed by atoms with Crippen molar-refractivity contribution in [3.8, 4) is 0 Å². The van der Waals surface area contributed by atoms with Gasteiger partial charge in [0.2, 0.25) is 0 Å². The van der Waals surface area contributed by atoms with Gasteiger partial charge in [0, 0.05) is 76.1 Å². The molecule has 20 nitrogen and oxygen atoms in total. The molecule has 0 fully saturated rings. The second kappa shape index (κ2) is 38.1. The molecule has 0 aliphatic rings. The summed E-state index contributed by atoms with van der Waals surface area (Å²) in [5, 5.41) is 45.2. The highest BCUT2D eigenvalue weighted by atomic mass is 32.2. The standard InChI is InChI=1S/C7H17N3O2.C7H18N2.C6H15N3O2.C6H14N2O.C4H10N2O.C3H7NOS/c1-5(2)10(6(3)4)8-7(11)9-12;1-6(2)9(8-5)7(3)4;1-5(2)8(6(3)4)9(11)7-10;1-5(2)8(7-9)6(3)4;1-4(2)6(3)5-7;1-3(2)6-4-5/h5-6,12H,1-4H3,(H2,8,9,11);6-8H,1-5H3;5-6,10H,1-4H3;5-6H,1-4H3;4H,1-3H3;3H,1-2H3/p-1/b;;9-7-;;;. The number of hydrogen-bond acceptors (Lipinski definition) is 15. The molecule has 0 saturated heterocycles. The lowest BCUT2D eigenvalue weighted by Gasteiger charge is -2.29. The molecule has 0 atom stereocenters. The van der Waals surface area contributed by atoms with Gasteiger partial charge in [0.25, 0.3) is 0 Å². The van der Waals surface area contributed by atoms with Gasteiger partial charge in [-0.15, -0.1) is 19.7 Å². The number of carbonyl (C=O) groups is 1. The number of nitrogens with one attached hydrogen (secondary N) is 3. The van der Waals surface area contributed by atoms with Gasteiger partial charge in [-0.3, -0.25) is 26.1 Å². The fourth-order valence-corrected chi connectivity index (χ4v) is 4.28. The Morgan fingerprint density at radius 1 is 0.630 bits per heavy atom. The van der Waals surface area contributed by atoms with Gasteiger partial charge >= 0.3 is 6.03 Å². The van der Waals surface area contributed by atoms with Crippen LogP contribution in [0, 0.1) is 25.1 Å². The smallest absolute Gasteiger partial charge is 0.353 e. The molecule has 0 aromatic rings. The highest BCUT2D eigenvalue weighted by Crippen LogP contribution is 2.08. The number of hydrogen-bond donors (Lipinski definition) is 4. The summed E-state index contributed by atoms with van der Waals surface area (Å²) >= 11 is 1.06. The van der Waals surface area contributed by atoms with Crippen LogP contribution in [-0.4, -0.2) is 115 Å². The van der Waals surface area contributed by atoms with Crippen LogP contribution in [0.2, 0.25) is 0 Å². The van der Waals surface area contributed by atoms with Gasteiger partial charge in [0.15, 0.2) is 0 Å². The fourth-order valence-electron chi connectivity index (χ4n) is 4.11. The van der Waals surface area contributed by atoms with Crippen molar-refractivity contribution in [1.82, 2.24) is 41.4 Å². The average Bonchev–Trinajstić information content (AvgIpc) is 3.03. The maximum atomic E-state index is 10.8. The van der Waals surface area contributed by atoms with Gasteiger partial charge < -0.3 is 10.4 Å². The molecule has 0 bridgehead atoms. The molecular formula is C33H80N13O7S-. The molecule has 326 valence electrons. The lowest BCUT2D eigenvalue weighted by Crippen LogP contribution is -2.52. The molecule has 54 heavy (non-hydrogen) atoms. The Bertz CT molecular complexity index is 897. The number of hydrazine groups is 3. The van der Waals surface area contributed by atoms with Crippen molar-refractivity contribution in [3.05, 3.63) is 25.1 Å². The van der Waals surface area contributed by atoms with Crippen molar-refractivity contribution >= 4 is 18.0 Å². The molecule has 2 amide bonds. The van der Waals surface area contributed by atoms with E-state index in [1.807, 2.05) is 118 Å². The number of carbonyl (C=O) groups excluding carboxylic acids is 1. The SMILES string of the molecule is CC(C)N(C(C)C)/[N+]([O-])=N/[O-].CC(C)N(C)N=O.CC(C)N(N=O)C(C)C.CC(C)N(NC(=O)NO)C(C)C.CC(C)SN=O.CNN(C(C)C)C(C)C. The molecule has 21 heteroatoms. The quantitative estimate of drug-likeness (QED) is 0.0289. The van der Waals surface area contributed by atoms with E-state index in [4.69, 9.17) is 5.21 Å². The summed E-state index contributed by atoms with van der Waals surface area (Å²) in [6, 6.07) is 1.56. The van der Waals surface area contributed by atoms with Crippen LogP contribution in [0.4, 0.5) is 4.79 Å². The van der Waals surface area contributed by atoms with Crippen molar-refractivity contribution in [1.29, 1.82) is 0 Å². The van der Waals surface area contributed by atoms with Crippen LogP contribution in [0.25, 0.3) is 0 Å². The van der Waals surface area contributed by atoms with Crippen molar-refractivity contribution < 1.29 is 15.0 Å². The second-order valence-electron chi connectivity index (χ2n) is 14.5. The zero-order chi connectivity index (χ0) is 44.5. The third-order valence-corrected chi connectivity index (χ3v) is 6.93. The zero-order valence-corrected chi connectivity index (χ0v) is 38.4. The number of amides is 2. The summed E-state index contributed by atoms with van der Waals surface area (Å²) in [5.74, 6) is 0. The van der Waals surface area contributed by atoms with E-state index < -0.39 is 6.03 Å². The first kappa shape index (κ1) is 62.8. The van der Waals surface area contributed by atoms with E-state index in [1.165, 1.54) is 20.5 Å². The average molecular weight is 803 g/mol. The van der Waals surface area contributed by atoms with Crippen LogP contribution >= 0.6 is 11.9 Å². The molecule has 0 unspecified atom stereocenters. The molecule has 4 N–H and O–H groups in total. The Balaban J connectivity index is -0.000000130. The lowest BCUT2D eigenvalue weighted by atomic mass is 10.3. The first-order chi connectivity index (χ1) is 24.6. The molecule has 0 aromatic heterocycles. The van der Waals surface area contributed by atoms with Crippen LogP contribution in [0.1, 0.15) is 138 Å². The molecule has 0 heterocycles. The van der Waals surface area contributed by atoms with Crippen molar-refractivity contribution in [2.24, 2.45) is 20.4 Å². The van der Waals surface area contributed by atoms with Crippen molar-refractivity contribution in [2.45, 2.75) is 198 Å². The largest absolute Gasteiger partial charge is 0.737 e. The maximum absolute atomic E-state index is 10.8. The van der Waals surface area contributed by atoms with Gasteiger partial charge in [-0.2, -0.15) is 0 Å². The first-order valence-electron chi connectivity index (χ1n) is 18.3. The third-order valence-electron chi connectivity index (χ3n) is 6.42. The predicted molar refractivity (Wildman–Crippen MR) is 223 cm³/mol. The van der Waals surface area contributed by atoms with Gasteiger partial charge in [0.05, 0.1) is 22.7 Å². The van der Waals surface area contributed by atoms with Crippen molar-refractivity contribution in [3.63, 3.8) is 0 Å². The van der Waals surface area contributed by atoms with Crippen molar-refractivity contribution in [2.75, 3.05) is 14.1 Å². The van der Waals surface area contributed by atoms with Gasteiger partial charge in [-0.1, -0.05) is 13.8 Å². The zero-order valence-electron chi connectivity index (χ0n) is 37.6. The molecule has 0 radical (unpaired) electrons. The molecule has 0 aromatic carbocycles. The van der Waals surface area contributed by atoms with E-state index in [0.717, 1.165) is 11.9 Å². The van der Waals surface area contributed by atoms with E-state index in [0.29, 0.717) is 17.3 Å². The number of nitrogens with zero attached hydrogens (tertiary/aromatic N) is 10. The van der Waals surface area contributed by atoms with E-state index in [2.05, 4.69) is 64.0 Å². The number of urea groups is 1.